The highest BCUT2D eigenvalue weighted by Gasteiger charge is 2.44. The van der Waals surface area contributed by atoms with Gasteiger partial charge in [0.05, 0.1) is 6.04 Å². The second-order valence-corrected chi connectivity index (χ2v) is 8.25. The Morgan fingerprint density at radius 3 is 2.27 bits per heavy atom. The van der Waals surface area contributed by atoms with Gasteiger partial charge in [0.2, 0.25) is 5.91 Å². The Kier molecular flexibility index (Phi) is 6.55. The van der Waals surface area contributed by atoms with Crippen molar-refractivity contribution in [3.8, 4) is 0 Å². The molecule has 30 heavy (non-hydrogen) atoms. The normalized spacial score (nSPS) is 17.6. The van der Waals surface area contributed by atoms with E-state index in [1.807, 2.05) is 61.5 Å². The van der Waals surface area contributed by atoms with Gasteiger partial charge in [0, 0.05) is 5.69 Å². The Morgan fingerprint density at radius 2 is 1.67 bits per heavy atom. The summed E-state index contributed by atoms with van der Waals surface area (Å²) in [4.78, 5) is 40.9. The Hall–Kier alpha value is -3.15. The van der Waals surface area contributed by atoms with Crippen molar-refractivity contribution in [1.29, 1.82) is 0 Å². The first-order valence-corrected chi connectivity index (χ1v) is 10.3. The van der Waals surface area contributed by atoms with Crippen LogP contribution in [-0.4, -0.2) is 35.3 Å². The number of imide groups is 1. The first-order chi connectivity index (χ1) is 14.3. The van der Waals surface area contributed by atoms with E-state index in [2.05, 4.69) is 19.2 Å². The second-order valence-electron chi connectivity index (χ2n) is 8.25. The fraction of sp³-hybridized carbons (Fsp3) is 0.375. The molecule has 1 saturated heterocycles. The van der Waals surface area contributed by atoms with Gasteiger partial charge in [-0.2, -0.15) is 0 Å². The molecular formula is C24H29N3O3. The van der Waals surface area contributed by atoms with Crippen LogP contribution in [0.3, 0.4) is 0 Å². The molecule has 0 aliphatic carbocycles. The van der Waals surface area contributed by atoms with Crippen molar-refractivity contribution in [2.75, 3.05) is 11.4 Å². The molecule has 0 spiro atoms. The predicted octanol–water partition coefficient (Wildman–Crippen LogP) is 4.06. The van der Waals surface area contributed by atoms with Crippen LogP contribution in [0.1, 0.15) is 44.4 Å². The molecule has 1 aliphatic heterocycles. The molecule has 158 valence electrons. The largest absolute Gasteiger partial charge is 0.348 e. The number of urea groups is 1. The highest BCUT2D eigenvalue weighted by atomic mass is 16.2. The van der Waals surface area contributed by atoms with Crippen LogP contribution in [0.2, 0.25) is 0 Å². The van der Waals surface area contributed by atoms with Crippen LogP contribution >= 0.6 is 0 Å². The molecule has 0 radical (unpaired) electrons. The summed E-state index contributed by atoms with van der Waals surface area (Å²) in [6.45, 7) is 7.55. The van der Waals surface area contributed by atoms with Crippen molar-refractivity contribution in [1.82, 2.24) is 10.2 Å². The van der Waals surface area contributed by atoms with E-state index < -0.39 is 12.1 Å². The van der Waals surface area contributed by atoms with Gasteiger partial charge in [0.25, 0.3) is 5.91 Å². The standard InChI is InChI=1S/C24H29N3O3/c1-16(2)14-21(19-8-6-5-7-9-19)25-22(28)15-26-23(29)18(4)27(24(26)30)20-12-10-17(3)11-13-20/h5-13,16,18,21H,14-15H2,1-4H3,(H,25,28)/t18-,21+/m1/s1. The molecule has 4 amide bonds. The summed E-state index contributed by atoms with van der Waals surface area (Å²) in [6, 6.07) is 15.9. The van der Waals surface area contributed by atoms with Gasteiger partial charge < -0.3 is 5.32 Å². The predicted molar refractivity (Wildman–Crippen MR) is 117 cm³/mol. The van der Waals surface area contributed by atoms with Gasteiger partial charge in [-0.05, 0) is 43.9 Å². The lowest BCUT2D eigenvalue weighted by Gasteiger charge is -2.23. The van der Waals surface area contributed by atoms with Crippen molar-refractivity contribution >= 4 is 23.5 Å². The van der Waals surface area contributed by atoms with Crippen LogP contribution in [0.4, 0.5) is 10.5 Å². The van der Waals surface area contributed by atoms with Crippen molar-refractivity contribution < 1.29 is 14.4 Å². The fourth-order valence-corrected chi connectivity index (χ4v) is 3.73. The van der Waals surface area contributed by atoms with Crippen LogP contribution in [0.15, 0.2) is 54.6 Å². The molecule has 1 fully saturated rings. The maximum Gasteiger partial charge on any atom is 0.332 e. The van der Waals surface area contributed by atoms with Gasteiger partial charge in [0.15, 0.2) is 0 Å². The molecular weight excluding hydrogens is 378 g/mol. The zero-order valence-corrected chi connectivity index (χ0v) is 18.0. The van der Waals surface area contributed by atoms with E-state index in [9.17, 15) is 14.4 Å². The minimum atomic E-state index is -0.645. The molecule has 1 heterocycles. The smallest absolute Gasteiger partial charge is 0.332 e. The lowest BCUT2D eigenvalue weighted by Crippen LogP contribution is -2.42. The molecule has 2 atom stereocenters. The molecule has 6 heteroatoms. The van der Waals surface area contributed by atoms with Crippen LogP contribution in [0.25, 0.3) is 0 Å². The number of amides is 4. The number of anilines is 1. The van der Waals surface area contributed by atoms with E-state index >= 15 is 0 Å². The molecule has 2 aromatic carbocycles. The Balaban J connectivity index is 1.72. The lowest BCUT2D eigenvalue weighted by molar-refractivity contribution is -0.132. The summed E-state index contributed by atoms with van der Waals surface area (Å²) < 4.78 is 0. The molecule has 3 rings (SSSR count). The monoisotopic (exact) mass is 407 g/mol. The van der Waals surface area contributed by atoms with Crippen LogP contribution < -0.4 is 10.2 Å². The van der Waals surface area contributed by atoms with Gasteiger partial charge in [-0.3, -0.25) is 19.4 Å². The number of carbonyl (C=O) groups excluding carboxylic acids is 3. The fourth-order valence-electron chi connectivity index (χ4n) is 3.73. The second kappa shape index (κ2) is 9.11. The lowest BCUT2D eigenvalue weighted by atomic mass is 9.97. The number of nitrogens with zero attached hydrogens (tertiary/aromatic N) is 2. The molecule has 0 aromatic heterocycles. The number of nitrogens with one attached hydrogen (secondary N) is 1. The summed E-state index contributed by atoms with van der Waals surface area (Å²) in [5, 5.41) is 3.01. The van der Waals surface area contributed by atoms with E-state index in [0.717, 1.165) is 22.4 Å². The number of carbonyl (C=O) groups is 3. The maximum absolute atomic E-state index is 12.9. The minimum absolute atomic E-state index is 0.169. The van der Waals surface area contributed by atoms with Gasteiger partial charge in [-0.1, -0.05) is 61.9 Å². The average molecular weight is 408 g/mol. The maximum atomic E-state index is 12.9. The molecule has 6 nitrogen and oxygen atoms in total. The third-order valence-electron chi connectivity index (χ3n) is 5.31. The SMILES string of the molecule is Cc1ccc(N2C(=O)N(CC(=O)N[C@@H](CC(C)C)c3ccccc3)C(=O)[C@H]2C)cc1. The first kappa shape index (κ1) is 21.6. The zero-order valence-electron chi connectivity index (χ0n) is 18.0. The van der Waals surface area contributed by atoms with Crippen molar-refractivity contribution in [3.63, 3.8) is 0 Å². The third kappa shape index (κ3) is 4.70. The van der Waals surface area contributed by atoms with Crippen LogP contribution in [0, 0.1) is 12.8 Å². The summed E-state index contributed by atoms with van der Waals surface area (Å²) in [6.07, 6.45) is 0.767. The summed E-state index contributed by atoms with van der Waals surface area (Å²) in [7, 11) is 0. The summed E-state index contributed by atoms with van der Waals surface area (Å²) in [5.74, 6) is -0.331. The molecule has 2 aromatic rings. The van der Waals surface area contributed by atoms with E-state index in [-0.39, 0.29) is 24.4 Å². The quantitative estimate of drug-likeness (QED) is 0.704. The number of aryl methyl sites for hydroxylation is 1. The van der Waals surface area contributed by atoms with Gasteiger partial charge in [0.1, 0.15) is 12.6 Å². The molecule has 0 saturated carbocycles. The summed E-state index contributed by atoms with van der Waals surface area (Å²) in [5.41, 5.74) is 2.72. The zero-order chi connectivity index (χ0) is 21.8. The number of hydrogen-bond acceptors (Lipinski definition) is 3. The van der Waals surface area contributed by atoms with E-state index in [0.29, 0.717) is 11.6 Å². The van der Waals surface area contributed by atoms with Crippen LogP contribution in [-0.2, 0) is 9.59 Å². The topological polar surface area (TPSA) is 69.7 Å². The third-order valence-corrected chi connectivity index (χ3v) is 5.31. The highest BCUT2D eigenvalue weighted by molar-refractivity contribution is 6.15. The van der Waals surface area contributed by atoms with Crippen molar-refractivity contribution in [3.05, 3.63) is 65.7 Å². The molecule has 1 N–H and O–H groups in total. The van der Waals surface area contributed by atoms with Gasteiger partial charge in [-0.25, -0.2) is 4.79 Å². The first-order valence-electron chi connectivity index (χ1n) is 10.3. The highest BCUT2D eigenvalue weighted by Crippen LogP contribution is 2.26. The average Bonchev–Trinajstić information content (AvgIpc) is 2.92. The van der Waals surface area contributed by atoms with Crippen LogP contribution in [0.5, 0.6) is 0 Å². The molecule has 0 unspecified atom stereocenters. The number of rotatable bonds is 7. The minimum Gasteiger partial charge on any atom is -0.348 e. The Morgan fingerprint density at radius 1 is 1.03 bits per heavy atom. The Labute approximate surface area is 177 Å². The Bertz CT molecular complexity index is 909. The van der Waals surface area contributed by atoms with E-state index in [4.69, 9.17) is 0 Å². The summed E-state index contributed by atoms with van der Waals surface area (Å²) >= 11 is 0. The molecule has 0 bridgehead atoms. The number of benzene rings is 2. The van der Waals surface area contributed by atoms with Gasteiger partial charge >= 0.3 is 6.03 Å². The van der Waals surface area contributed by atoms with Crippen molar-refractivity contribution in [2.24, 2.45) is 5.92 Å². The van der Waals surface area contributed by atoms with Crippen molar-refractivity contribution in [2.45, 2.75) is 46.2 Å². The van der Waals surface area contributed by atoms with E-state index in [1.54, 1.807) is 6.92 Å². The number of hydrogen-bond donors (Lipinski definition) is 1. The molecule has 1 aliphatic rings. The van der Waals surface area contributed by atoms with Gasteiger partial charge in [-0.15, -0.1) is 0 Å². The van der Waals surface area contributed by atoms with E-state index in [1.165, 1.54) is 4.90 Å².